The maximum absolute atomic E-state index is 13.4. The van der Waals surface area contributed by atoms with Crippen molar-refractivity contribution in [1.82, 2.24) is 10.2 Å². The monoisotopic (exact) mass is 535 g/mol. The van der Waals surface area contributed by atoms with Crippen LogP contribution in [0, 0.1) is 5.82 Å². The van der Waals surface area contributed by atoms with Crippen molar-refractivity contribution in [2.45, 2.75) is 24.5 Å². The van der Waals surface area contributed by atoms with E-state index in [2.05, 4.69) is 10.3 Å². The molecule has 1 aliphatic heterocycles. The van der Waals surface area contributed by atoms with E-state index in [0.29, 0.717) is 48.3 Å². The fourth-order valence-electron chi connectivity index (χ4n) is 4.05. The number of halogens is 1. The first-order valence-electron chi connectivity index (χ1n) is 12.3. The van der Waals surface area contributed by atoms with Crippen LogP contribution in [0.4, 0.5) is 10.1 Å². The van der Waals surface area contributed by atoms with Crippen LogP contribution in [0.15, 0.2) is 77.8 Å². The summed E-state index contributed by atoms with van der Waals surface area (Å²) in [7, 11) is 3.15. The molecule has 38 heavy (non-hydrogen) atoms. The first kappa shape index (κ1) is 27.2. The number of carbonyl (C=O) groups excluding carboxylic acids is 2. The number of aliphatic imine (C=N–C) groups is 1. The predicted molar refractivity (Wildman–Crippen MR) is 148 cm³/mol. The molecule has 0 spiro atoms. The third-order valence-corrected chi connectivity index (χ3v) is 7.30. The summed E-state index contributed by atoms with van der Waals surface area (Å²) < 4.78 is 24.1. The first-order chi connectivity index (χ1) is 18.5. The maximum atomic E-state index is 13.4. The van der Waals surface area contributed by atoms with Crippen molar-refractivity contribution in [3.63, 3.8) is 0 Å². The van der Waals surface area contributed by atoms with Gasteiger partial charge in [-0.2, -0.15) is 0 Å². The van der Waals surface area contributed by atoms with Crippen LogP contribution in [0.5, 0.6) is 11.5 Å². The van der Waals surface area contributed by atoms with E-state index in [1.54, 1.807) is 31.3 Å². The van der Waals surface area contributed by atoms with Crippen LogP contribution in [-0.2, 0) is 22.4 Å². The molecule has 0 saturated carbocycles. The van der Waals surface area contributed by atoms with Crippen LogP contribution in [-0.4, -0.2) is 54.4 Å². The summed E-state index contributed by atoms with van der Waals surface area (Å²) >= 11 is 1.25. The van der Waals surface area contributed by atoms with E-state index in [0.717, 1.165) is 11.1 Å². The van der Waals surface area contributed by atoms with E-state index >= 15 is 0 Å². The summed E-state index contributed by atoms with van der Waals surface area (Å²) in [6.07, 6.45) is 1.31. The van der Waals surface area contributed by atoms with Crippen molar-refractivity contribution in [2.75, 3.05) is 27.3 Å². The largest absolute Gasteiger partial charge is 0.493 e. The lowest BCUT2D eigenvalue weighted by atomic mass is 10.1. The zero-order chi connectivity index (χ0) is 26.9. The van der Waals surface area contributed by atoms with Gasteiger partial charge in [0.15, 0.2) is 16.7 Å². The first-order valence-corrected chi connectivity index (χ1v) is 13.2. The molecule has 198 valence electrons. The standard InChI is InChI=1S/C29H30FN3O4S/c1-36-24-13-8-21(18-25(24)37-2)15-17-33-27(34)19-26(28(35)31-16-14-20-6-4-3-5-7-20)38-29(33)32-23-11-9-22(30)10-12-23/h3-13,18,26H,14-17,19H2,1-2H3,(H,31,35)/t26-/m1/s1. The molecule has 1 saturated heterocycles. The van der Waals surface area contributed by atoms with Crippen LogP contribution in [0.3, 0.4) is 0 Å². The van der Waals surface area contributed by atoms with Crippen molar-refractivity contribution in [3.8, 4) is 11.5 Å². The summed E-state index contributed by atoms with van der Waals surface area (Å²) in [6, 6.07) is 21.2. The minimum atomic E-state index is -0.602. The fraction of sp³-hybridized carbons (Fsp3) is 0.276. The molecule has 0 aliphatic carbocycles. The van der Waals surface area contributed by atoms with Crippen LogP contribution in [0.25, 0.3) is 0 Å². The van der Waals surface area contributed by atoms with Gasteiger partial charge < -0.3 is 14.8 Å². The van der Waals surface area contributed by atoms with Gasteiger partial charge in [0, 0.05) is 19.5 Å². The zero-order valence-electron chi connectivity index (χ0n) is 21.4. The Labute approximate surface area is 226 Å². The van der Waals surface area contributed by atoms with Gasteiger partial charge in [0.25, 0.3) is 0 Å². The normalized spacial score (nSPS) is 16.4. The number of rotatable bonds is 10. The lowest BCUT2D eigenvalue weighted by molar-refractivity contribution is -0.130. The van der Waals surface area contributed by atoms with E-state index in [4.69, 9.17) is 9.47 Å². The third kappa shape index (κ3) is 7.13. The molecule has 1 aliphatic rings. The van der Waals surface area contributed by atoms with Gasteiger partial charge in [0.05, 0.1) is 25.2 Å². The second-order valence-corrected chi connectivity index (χ2v) is 9.86. The Morgan fingerprint density at radius 3 is 2.45 bits per heavy atom. The maximum Gasteiger partial charge on any atom is 0.234 e. The number of amides is 2. The lowest BCUT2D eigenvalue weighted by Crippen LogP contribution is -2.47. The van der Waals surface area contributed by atoms with Gasteiger partial charge in [-0.1, -0.05) is 48.2 Å². The average Bonchev–Trinajstić information content (AvgIpc) is 2.94. The van der Waals surface area contributed by atoms with E-state index < -0.39 is 5.25 Å². The van der Waals surface area contributed by atoms with Gasteiger partial charge in [-0.25, -0.2) is 9.38 Å². The number of thioether (sulfide) groups is 1. The van der Waals surface area contributed by atoms with Crippen molar-refractivity contribution >= 4 is 34.4 Å². The number of amidine groups is 1. The Kier molecular flexibility index (Phi) is 9.37. The molecule has 1 N–H and O–H groups in total. The van der Waals surface area contributed by atoms with Gasteiger partial charge in [-0.15, -0.1) is 0 Å². The van der Waals surface area contributed by atoms with Gasteiger partial charge >= 0.3 is 0 Å². The van der Waals surface area contributed by atoms with Crippen LogP contribution < -0.4 is 14.8 Å². The number of hydrogen-bond donors (Lipinski definition) is 1. The van der Waals surface area contributed by atoms with E-state index in [-0.39, 0.29) is 24.1 Å². The number of benzene rings is 3. The quantitative estimate of drug-likeness (QED) is 0.405. The Bertz CT molecular complexity index is 1280. The lowest BCUT2D eigenvalue weighted by Gasteiger charge is -2.32. The molecule has 3 aromatic carbocycles. The van der Waals surface area contributed by atoms with Gasteiger partial charge in [-0.05, 0) is 60.4 Å². The van der Waals surface area contributed by atoms with Crippen LogP contribution in [0.2, 0.25) is 0 Å². The highest BCUT2D eigenvalue weighted by atomic mass is 32.2. The van der Waals surface area contributed by atoms with Crippen LogP contribution >= 0.6 is 11.8 Å². The van der Waals surface area contributed by atoms with Gasteiger partial charge in [0.2, 0.25) is 11.8 Å². The van der Waals surface area contributed by atoms with E-state index in [1.165, 1.54) is 23.9 Å². The highest BCUT2D eigenvalue weighted by Crippen LogP contribution is 2.31. The number of carbonyl (C=O) groups is 2. The Balaban J connectivity index is 1.47. The molecule has 4 rings (SSSR count). The van der Waals surface area contributed by atoms with Gasteiger partial charge in [0.1, 0.15) is 5.82 Å². The minimum Gasteiger partial charge on any atom is -0.493 e. The van der Waals surface area contributed by atoms with Crippen molar-refractivity contribution in [2.24, 2.45) is 4.99 Å². The van der Waals surface area contributed by atoms with Crippen molar-refractivity contribution in [3.05, 3.63) is 89.7 Å². The molecule has 1 fully saturated rings. The molecule has 0 unspecified atom stereocenters. The Morgan fingerprint density at radius 2 is 1.74 bits per heavy atom. The molecule has 0 aromatic heterocycles. The second-order valence-electron chi connectivity index (χ2n) is 8.69. The highest BCUT2D eigenvalue weighted by Gasteiger charge is 2.35. The number of hydrogen-bond acceptors (Lipinski definition) is 6. The SMILES string of the molecule is COc1ccc(CCN2C(=O)C[C@H](C(=O)NCCc3ccccc3)SC2=Nc2ccc(F)cc2)cc1OC. The summed E-state index contributed by atoms with van der Waals surface area (Å²) in [6.45, 7) is 0.839. The van der Waals surface area contributed by atoms with Crippen molar-refractivity contribution < 1.29 is 23.5 Å². The third-order valence-electron chi connectivity index (χ3n) is 6.11. The molecule has 9 heteroatoms. The Morgan fingerprint density at radius 1 is 1.00 bits per heavy atom. The molecule has 7 nitrogen and oxygen atoms in total. The minimum absolute atomic E-state index is 0.0657. The molecule has 1 heterocycles. The number of nitrogens with one attached hydrogen (secondary N) is 1. The summed E-state index contributed by atoms with van der Waals surface area (Å²) in [5.41, 5.74) is 2.59. The smallest absolute Gasteiger partial charge is 0.234 e. The van der Waals surface area contributed by atoms with Crippen LogP contribution in [0.1, 0.15) is 17.5 Å². The Hall–Kier alpha value is -3.85. The molecular formula is C29H30FN3O4S. The average molecular weight is 536 g/mol. The van der Waals surface area contributed by atoms with Gasteiger partial charge in [-0.3, -0.25) is 14.5 Å². The number of ether oxygens (including phenoxy) is 2. The molecular weight excluding hydrogens is 505 g/mol. The molecule has 1 atom stereocenters. The highest BCUT2D eigenvalue weighted by molar-refractivity contribution is 8.15. The van der Waals surface area contributed by atoms with Crippen molar-refractivity contribution in [1.29, 1.82) is 0 Å². The van der Waals surface area contributed by atoms with E-state index in [9.17, 15) is 14.0 Å². The topological polar surface area (TPSA) is 80.2 Å². The number of nitrogens with zero attached hydrogens (tertiary/aromatic N) is 2. The molecule has 0 bridgehead atoms. The summed E-state index contributed by atoms with van der Waals surface area (Å²) in [4.78, 5) is 32.4. The summed E-state index contributed by atoms with van der Waals surface area (Å²) in [5, 5.41) is 2.76. The number of methoxy groups -OCH3 is 2. The predicted octanol–water partition coefficient (Wildman–Crippen LogP) is 4.77. The molecule has 0 radical (unpaired) electrons. The molecule has 3 aromatic rings. The van der Waals surface area contributed by atoms with E-state index in [1.807, 2.05) is 48.5 Å². The second kappa shape index (κ2) is 13.1. The zero-order valence-corrected chi connectivity index (χ0v) is 22.2. The fourth-order valence-corrected chi connectivity index (χ4v) is 5.20. The summed E-state index contributed by atoms with van der Waals surface area (Å²) in [5.74, 6) is 0.471. The molecule has 2 amide bonds.